The Morgan fingerprint density at radius 2 is 1.63 bits per heavy atom. The summed E-state index contributed by atoms with van der Waals surface area (Å²) in [5.41, 5.74) is 2.84. The normalized spacial score (nSPS) is 20.3. The second-order valence-electron chi connectivity index (χ2n) is 11.9. The minimum atomic E-state index is -0.219. The molecule has 43 heavy (non-hydrogen) atoms. The van der Waals surface area contributed by atoms with E-state index < -0.39 is 0 Å². The van der Waals surface area contributed by atoms with Gasteiger partial charge in [-0.3, -0.25) is 9.69 Å². The summed E-state index contributed by atoms with van der Waals surface area (Å²) in [6.07, 6.45) is 4.10. The van der Waals surface area contributed by atoms with Gasteiger partial charge in [0.2, 0.25) is 0 Å². The number of carbonyl (C=O) groups excluding carboxylic acids is 1. The molecule has 1 N–H and O–H groups in total. The van der Waals surface area contributed by atoms with Crippen LogP contribution in [0.3, 0.4) is 0 Å². The average Bonchev–Trinajstić information content (AvgIpc) is 3.08. The van der Waals surface area contributed by atoms with Gasteiger partial charge in [0.25, 0.3) is 5.91 Å². The Balaban J connectivity index is 1.22. The molecule has 3 fully saturated rings. The number of hydrogen-bond donors (Lipinski definition) is 1. The molecule has 2 aromatic carbocycles. The number of halogens is 1. The van der Waals surface area contributed by atoms with Gasteiger partial charge in [0.05, 0.1) is 24.1 Å². The lowest BCUT2D eigenvalue weighted by Gasteiger charge is -2.42. The number of piperidine rings is 2. The van der Waals surface area contributed by atoms with E-state index in [9.17, 15) is 14.3 Å². The van der Waals surface area contributed by atoms with E-state index in [1.807, 2.05) is 53.4 Å². The number of benzene rings is 2. The molecule has 3 aliphatic rings. The SMILES string of the molecule is COc1ccccc1-c1ccc(C(=O)N2CCC(N3CCC[C@@H](CO)C3)CC2)c(N2CCN(c3ccccc3F)CC2)n1. The van der Waals surface area contributed by atoms with Crippen molar-refractivity contribution >= 4 is 17.4 Å². The number of rotatable bonds is 7. The number of ether oxygens (including phenoxy) is 1. The van der Waals surface area contributed by atoms with Gasteiger partial charge in [0.1, 0.15) is 17.4 Å². The van der Waals surface area contributed by atoms with Crippen LogP contribution in [0.4, 0.5) is 15.9 Å². The highest BCUT2D eigenvalue weighted by atomic mass is 19.1. The first-order valence-electron chi connectivity index (χ1n) is 15.6. The molecule has 6 rings (SSSR count). The van der Waals surface area contributed by atoms with Crippen molar-refractivity contribution < 1.29 is 19.0 Å². The van der Waals surface area contributed by atoms with E-state index in [0.717, 1.165) is 55.8 Å². The van der Waals surface area contributed by atoms with Gasteiger partial charge in [0, 0.05) is 64.0 Å². The smallest absolute Gasteiger partial charge is 0.257 e. The second kappa shape index (κ2) is 13.3. The molecule has 1 amide bonds. The highest BCUT2D eigenvalue weighted by Gasteiger charge is 2.32. The van der Waals surface area contributed by atoms with Gasteiger partial charge in [-0.25, -0.2) is 9.37 Å². The van der Waals surface area contributed by atoms with Crippen LogP contribution in [-0.4, -0.2) is 97.9 Å². The fourth-order valence-electron chi connectivity index (χ4n) is 6.91. The van der Waals surface area contributed by atoms with Gasteiger partial charge >= 0.3 is 0 Å². The number of likely N-dealkylation sites (tertiary alicyclic amines) is 2. The van der Waals surface area contributed by atoms with Gasteiger partial charge in [-0.15, -0.1) is 0 Å². The van der Waals surface area contributed by atoms with Gasteiger partial charge in [-0.2, -0.15) is 0 Å². The van der Waals surface area contributed by atoms with Crippen LogP contribution in [0.25, 0.3) is 11.3 Å². The summed E-state index contributed by atoms with van der Waals surface area (Å²) in [4.78, 5) is 27.9. The fourth-order valence-corrected chi connectivity index (χ4v) is 6.91. The molecule has 1 atom stereocenters. The monoisotopic (exact) mass is 587 g/mol. The van der Waals surface area contributed by atoms with Crippen molar-refractivity contribution in [1.82, 2.24) is 14.8 Å². The molecule has 228 valence electrons. The van der Waals surface area contributed by atoms with Gasteiger partial charge in [0.15, 0.2) is 0 Å². The number of aromatic nitrogens is 1. The number of aliphatic hydroxyl groups is 1. The first kappa shape index (κ1) is 29.4. The minimum Gasteiger partial charge on any atom is -0.496 e. The van der Waals surface area contributed by atoms with Crippen molar-refractivity contribution in [2.24, 2.45) is 5.92 Å². The lowest BCUT2D eigenvalue weighted by Crippen LogP contribution is -2.50. The molecule has 3 aliphatic heterocycles. The highest BCUT2D eigenvalue weighted by Crippen LogP contribution is 2.33. The maximum Gasteiger partial charge on any atom is 0.257 e. The van der Waals surface area contributed by atoms with Crippen molar-refractivity contribution in [3.8, 4) is 17.0 Å². The number of pyridine rings is 1. The van der Waals surface area contributed by atoms with E-state index in [1.54, 1.807) is 13.2 Å². The van der Waals surface area contributed by atoms with Crippen LogP contribution in [0.1, 0.15) is 36.0 Å². The molecule has 8 nitrogen and oxygen atoms in total. The Morgan fingerprint density at radius 1 is 0.907 bits per heavy atom. The number of para-hydroxylation sites is 2. The fraction of sp³-hybridized carbons (Fsp3) is 0.471. The van der Waals surface area contributed by atoms with E-state index in [-0.39, 0.29) is 18.3 Å². The molecule has 0 unspecified atom stereocenters. The Morgan fingerprint density at radius 3 is 2.37 bits per heavy atom. The number of anilines is 2. The number of carbonyl (C=O) groups is 1. The summed E-state index contributed by atoms with van der Waals surface area (Å²) < 4.78 is 20.1. The first-order valence-corrected chi connectivity index (χ1v) is 15.6. The molecule has 0 aliphatic carbocycles. The van der Waals surface area contributed by atoms with E-state index in [4.69, 9.17) is 9.72 Å². The second-order valence-corrected chi connectivity index (χ2v) is 11.9. The summed E-state index contributed by atoms with van der Waals surface area (Å²) in [6.45, 7) is 6.20. The molecule has 4 heterocycles. The molecular weight excluding hydrogens is 545 g/mol. The summed E-state index contributed by atoms with van der Waals surface area (Å²) in [7, 11) is 1.65. The van der Waals surface area contributed by atoms with Crippen LogP contribution in [0.15, 0.2) is 60.7 Å². The Bertz CT molecular complexity index is 1400. The molecule has 0 radical (unpaired) electrons. The van der Waals surface area contributed by atoms with Crippen molar-refractivity contribution in [2.45, 2.75) is 31.7 Å². The summed E-state index contributed by atoms with van der Waals surface area (Å²) in [5.74, 6) is 1.56. The average molecular weight is 588 g/mol. The third-order valence-corrected chi connectivity index (χ3v) is 9.34. The molecular formula is C34H42FN5O3. The molecule has 9 heteroatoms. The Kier molecular flexibility index (Phi) is 9.09. The molecule has 3 saturated heterocycles. The van der Waals surface area contributed by atoms with E-state index in [1.165, 1.54) is 6.07 Å². The van der Waals surface area contributed by atoms with E-state index >= 15 is 0 Å². The zero-order valence-electron chi connectivity index (χ0n) is 25.0. The molecule has 1 aromatic heterocycles. The zero-order valence-corrected chi connectivity index (χ0v) is 25.0. The van der Waals surface area contributed by atoms with Crippen LogP contribution in [0.2, 0.25) is 0 Å². The third kappa shape index (κ3) is 6.33. The maximum absolute atomic E-state index is 14.5. The largest absolute Gasteiger partial charge is 0.496 e. The van der Waals surface area contributed by atoms with Crippen LogP contribution in [-0.2, 0) is 0 Å². The summed E-state index contributed by atoms with van der Waals surface area (Å²) in [6, 6.07) is 19.0. The lowest BCUT2D eigenvalue weighted by molar-refractivity contribution is 0.0455. The van der Waals surface area contributed by atoms with Crippen molar-refractivity contribution in [1.29, 1.82) is 0 Å². The predicted molar refractivity (Wildman–Crippen MR) is 167 cm³/mol. The van der Waals surface area contributed by atoms with Gasteiger partial charge in [-0.05, 0) is 74.5 Å². The van der Waals surface area contributed by atoms with Gasteiger partial charge in [-0.1, -0.05) is 24.3 Å². The number of piperazine rings is 1. The maximum atomic E-state index is 14.5. The third-order valence-electron chi connectivity index (χ3n) is 9.34. The summed E-state index contributed by atoms with van der Waals surface area (Å²) >= 11 is 0. The van der Waals surface area contributed by atoms with Crippen molar-refractivity contribution in [2.75, 3.05) is 75.9 Å². The van der Waals surface area contributed by atoms with Crippen LogP contribution in [0.5, 0.6) is 5.75 Å². The number of aliphatic hydroxyl groups excluding tert-OH is 1. The first-order chi connectivity index (χ1) is 21.1. The quantitative estimate of drug-likeness (QED) is 0.436. The number of hydrogen-bond acceptors (Lipinski definition) is 7. The van der Waals surface area contributed by atoms with Crippen molar-refractivity contribution in [3.63, 3.8) is 0 Å². The molecule has 3 aromatic rings. The molecule has 0 saturated carbocycles. The van der Waals surface area contributed by atoms with Crippen LogP contribution >= 0.6 is 0 Å². The number of nitrogens with zero attached hydrogens (tertiary/aromatic N) is 5. The predicted octanol–water partition coefficient (Wildman–Crippen LogP) is 4.53. The Labute approximate surface area is 253 Å². The van der Waals surface area contributed by atoms with E-state index in [0.29, 0.717) is 68.3 Å². The topological polar surface area (TPSA) is 72.4 Å². The Hall–Kier alpha value is -3.69. The van der Waals surface area contributed by atoms with Crippen LogP contribution in [0, 0.1) is 11.7 Å². The molecule has 0 spiro atoms. The highest BCUT2D eigenvalue weighted by molar-refractivity contribution is 5.99. The standard InChI is InChI=1S/C34H42FN5O3/c1-43-32-11-5-2-8-27(32)30-13-12-28(33(36-30)38-21-19-37(20-22-38)31-10-4-3-9-29(31)35)34(42)39-17-14-26(15-18-39)40-16-6-7-25(23-40)24-41/h2-5,8-13,25-26,41H,6-7,14-24H2,1H3/t25-/m1/s1. The number of amides is 1. The zero-order chi connectivity index (χ0) is 29.8. The summed E-state index contributed by atoms with van der Waals surface area (Å²) in [5, 5.41) is 9.67. The molecule has 0 bridgehead atoms. The van der Waals surface area contributed by atoms with Crippen molar-refractivity contribution in [3.05, 3.63) is 72.0 Å². The lowest BCUT2D eigenvalue weighted by atomic mass is 9.94. The van der Waals surface area contributed by atoms with E-state index in [2.05, 4.69) is 14.7 Å². The van der Waals surface area contributed by atoms with Crippen LogP contribution < -0.4 is 14.5 Å². The van der Waals surface area contributed by atoms with Gasteiger partial charge < -0.3 is 24.5 Å². The minimum absolute atomic E-state index is 0.0101. The number of methoxy groups -OCH3 is 1.